The Kier molecular flexibility index (Phi) is 10.9. The quantitative estimate of drug-likeness (QED) is 0.167. The largest absolute Gasteiger partial charge is 0.455 e. The van der Waals surface area contributed by atoms with E-state index in [1.165, 1.54) is 30.0 Å². The van der Waals surface area contributed by atoms with E-state index in [-0.39, 0.29) is 37.4 Å². The summed E-state index contributed by atoms with van der Waals surface area (Å²) < 4.78 is 46.2. The van der Waals surface area contributed by atoms with Gasteiger partial charge in [0.05, 0.1) is 17.8 Å². The van der Waals surface area contributed by atoms with Crippen LogP contribution in [0.3, 0.4) is 0 Å². The highest BCUT2D eigenvalue weighted by molar-refractivity contribution is 5.96. The lowest BCUT2D eigenvalue weighted by Gasteiger charge is -2.25. The Morgan fingerprint density at radius 1 is 0.844 bits per heavy atom. The SMILES string of the molecule is CC(=O)Nc1ccc(CN(C(=O)CCC(=O)NCc2ccccc2C(F)(F)F)c2ccccc2Oc2cccc(CN)c2)cc1. The smallest absolute Gasteiger partial charge is 0.416 e. The molecule has 0 saturated heterocycles. The van der Waals surface area contributed by atoms with Gasteiger partial charge in [-0.15, -0.1) is 0 Å². The van der Waals surface area contributed by atoms with Crippen LogP contribution in [0.4, 0.5) is 24.5 Å². The number of nitrogens with two attached hydrogens (primary N) is 1. The maximum atomic E-state index is 13.7. The molecule has 4 N–H and O–H groups in total. The van der Waals surface area contributed by atoms with Gasteiger partial charge in [0.15, 0.2) is 5.75 Å². The predicted octanol–water partition coefficient (Wildman–Crippen LogP) is 6.54. The maximum absolute atomic E-state index is 13.7. The molecule has 0 atom stereocenters. The van der Waals surface area contributed by atoms with E-state index < -0.39 is 23.6 Å². The molecule has 3 amide bonds. The van der Waals surface area contributed by atoms with Gasteiger partial charge in [0.2, 0.25) is 17.7 Å². The molecule has 0 aliphatic rings. The van der Waals surface area contributed by atoms with Crippen LogP contribution < -0.4 is 26.0 Å². The number of hydrogen-bond donors (Lipinski definition) is 3. The second-order valence-corrected chi connectivity index (χ2v) is 10.2. The minimum atomic E-state index is -4.56. The van der Waals surface area contributed by atoms with Gasteiger partial charge in [0.1, 0.15) is 5.75 Å². The zero-order chi connectivity index (χ0) is 32.4. The van der Waals surface area contributed by atoms with Crippen LogP contribution in [-0.2, 0) is 40.2 Å². The van der Waals surface area contributed by atoms with E-state index in [0.717, 1.165) is 17.2 Å². The highest BCUT2D eigenvalue weighted by Gasteiger charge is 2.32. The average molecular weight is 619 g/mol. The van der Waals surface area contributed by atoms with Gasteiger partial charge in [-0.25, -0.2) is 0 Å². The van der Waals surface area contributed by atoms with E-state index in [9.17, 15) is 27.6 Å². The Morgan fingerprint density at radius 2 is 1.56 bits per heavy atom. The van der Waals surface area contributed by atoms with E-state index in [1.807, 2.05) is 12.1 Å². The first kappa shape index (κ1) is 32.7. The number of carbonyl (C=O) groups is 3. The van der Waals surface area contributed by atoms with Crippen LogP contribution in [0.15, 0.2) is 97.1 Å². The first-order valence-corrected chi connectivity index (χ1v) is 14.2. The van der Waals surface area contributed by atoms with Crippen molar-refractivity contribution in [2.45, 2.75) is 45.6 Å². The van der Waals surface area contributed by atoms with Gasteiger partial charge in [0.25, 0.3) is 0 Å². The minimum absolute atomic E-state index is 0.0706. The number of anilines is 2. The summed E-state index contributed by atoms with van der Waals surface area (Å²) in [6.45, 7) is 1.51. The fourth-order valence-corrected chi connectivity index (χ4v) is 4.61. The Hall–Kier alpha value is -5.16. The van der Waals surface area contributed by atoms with Crippen molar-refractivity contribution in [1.29, 1.82) is 0 Å². The molecule has 8 nitrogen and oxygen atoms in total. The molecule has 0 bridgehead atoms. The van der Waals surface area contributed by atoms with Gasteiger partial charge in [-0.3, -0.25) is 14.4 Å². The van der Waals surface area contributed by atoms with Crippen molar-refractivity contribution in [1.82, 2.24) is 5.32 Å². The lowest BCUT2D eigenvalue weighted by atomic mass is 10.1. The van der Waals surface area contributed by atoms with E-state index in [4.69, 9.17) is 10.5 Å². The molecule has 0 unspecified atom stereocenters. The Balaban J connectivity index is 1.53. The van der Waals surface area contributed by atoms with Crippen molar-refractivity contribution in [2.24, 2.45) is 5.73 Å². The van der Waals surface area contributed by atoms with E-state index in [1.54, 1.807) is 60.7 Å². The summed E-state index contributed by atoms with van der Waals surface area (Å²) in [5, 5.41) is 5.19. The minimum Gasteiger partial charge on any atom is -0.455 e. The molecular weight excluding hydrogens is 585 g/mol. The van der Waals surface area contributed by atoms with Crippen LogP contribution in [0.25, 0.3) is 0 Å². The van der Waals surface area contributed by atoms with Crippen molar-refractivity contribution in [3.05, 3.63) is 119 Å². The monoisotopic (exact) mass is 618 g/mol. The Bertz CT molecular complexity index is 1640. The van der Waals surface area contributed by atoms with Crippen molar-refractivity contribution >= 4 is 29.1 Å². The van der Waals surface area contributed by atoms with Crippen LogP contribution in [0, 0.1) is 0 Å². The fraction of sp³-hybridized carbons (Fsp3) is 0.206. The number of amides is 3. The molecule has 0 radical (unpaired) electrons. The van der Waals surface area contributed by atoms with Gasteiger partial charge < -0.3 is 26.0 Å². The molecule has 4 rings (SSSR count). The zero-order valence-electron chi connectivity index (χ0n) is 24.6. The average Bonchev–Trinajstić information content (AvgIpc) is 3.02. The van der Waals surface area contributed by atoms with Crippen LogP contribution >= 0.6 is 0 Å². The number of nitrogens with zero attached hydrogens (tertiary/aromatic N) is 1. The molecule has 234 valence electrons. The van der Waals surface area contributed by atoms with E-state index in [0.29, 0.717) is 29.4 Å². The number of nitrogens with one attached hydrogen (secondary N) is 2. The number of hydrogen-bond acceptors (Lipinski definition) is 5. The predicted molar refractivity (Wildman–Crippen MR) is 165 cm³/mol. The number of alkyl halides is 3. The first-order chi connectivity index (χ1) is 21.5. The second kappa shape index (κ2) is 15.0. The van der Waals surface area contributed by atoms with Crippen LogP contribution in [-0.4, -0.2) is 17.7 Å². The topological polar surface area (TPSA) is 114 Å². The molecule has 0 aliphatic heterocycles. The molecule has 0 spiro atoms. The third-order valence-corrected chi connectivity index (χ3v) is 6.80. The highest BCUT2D eigenvalue weighted by Crippen LogP contribution is 2.34. The third kappa shape index (κ3) is 9.41. The summed E-state index contributed by atoms with van der Waals surface area (Å²) in [6.07, 6.45) is -5.01. The second-order valence-electron chi connectivity index (χ2n) is 10.2. The number of benzene rings is 4. The van der Waals surface area contributed by atoms with Crippen molar-refractivity contribution in [3.63, 3.8) is 0 Å². The fourth-order valence-electron chi connectivity index (χ4n) is 4.61. The number of carbonyl (C=O) groups excluding carboxylic acids is 3. The summed E-state index contributed by atoms with van der Waals surface area (Å²) in [5.41, 5.74) is 7.53. The van der Waals surface area contributed by atoms with E-state index in [2.05, 4.69) is 10.6 Å². The van der Waals surface area contributed by atoms with E-state index >= 15 is 0 Å². The molecule has 45 heavy (non-hydrogen) atoms. The molecule has 4 aromatic carbocycles. The highest BCUT2D eigenvalue weighted by atomic mass is 19.4. The molecule has 0 aliphatic carbocycles. The van der Waals surface area contributed by atoms with Crippen molar-refractivity contribution < 1.29 is 32.3 Å². The van der Waals surface area contributed by atoms with Gasteiger partial charge in [0, 0.05) is 38.5 Å². The summed E-state index contributed by atoms with van der Waals surface area (Å²) in [4.78, 5) is 39.3. The molecular formula is C34H33F3N4O4. The normalized spacial score (nSPS) is 11.0. The maximum Gasteiger partial charge on any atom is 0.416 e. The number of para-hydroxylation sites is 2. The standard InChI is InChI=1S/C34H33F3N4O4/c1-23(42)40-27-15-13-24(14-16-27)22-41(30-11-4-5-12-31(30)45-28-9-6-7-25(19-28)20-38)33(44)18-17-32(43)39-21-26-8-2-3-10-29(26)34(35,36)37/h2-16,19H,17-18,20-22,38H2,1H3,(H,39,43)(H,40,42). The van der Waals surface area contributed by atoms with Crippen LogP contribution in [0.5, 0.6) is 11.5 Å². The number of rotatable bonds is 12. The third-order valence-electron chi connectivity index (χ3n) is 6.80. The van der Waals surface area contributed by atoms with Gasteiger partial charge in [-0.05, 0) is 59.2 Å². The van der Waals surface area contributed by atoms with Gasteiger partial charge in [-0.1, -0.05) is 54.6 Å². The van der Waals surface area contributed by atoms with Gasteiger partial charge in [-0.2, -0.15) is 13.2 Å². The molecule has 0 aromatic heterocycles. The van der Waals surface area contributed by atoms with Gasteiger partial charge >= 0.3 is 6.18 Å². The van der Waals surface area contributed by atoms with Crippen LogP contribution in [0.1, 0.15) is 42.0 Å². The Morgan fingerprint density at radius 3 is 2.27 bits per heavy atom. The zero-order valence-corrected chi connectivity index (χ0v) is 24.6. The Labute approximate surface area is 259 Å². The molecule has 0 heterocycles. The lowest BCUT2D eigenvalue weighted by Crippen LogP contribution is -2.32. The van der Waals surface area contributed by atoms with Crippen molar-refractivity contribution in [3.8, 4) is 11.5 Å². The van der Waals surface area contributed by atoms with Crippen LogP contribution in [0.2, 0.25) is 0 Å². The number of ether oxygens (including phenoxy) is 1. The summed E-state index contributed by atoms with van der Waals surface area (Å²) >= 11 is 0. The first-order valence-electron chi connectivity index (χ1n) is 14.2. The summed E-state index contributed by atoms with van der Waals surface area (Å²) in [7, 11) is 0. The molecule has 11 heteroatoms. The van der Waals surface area contributed by atoms with Crippen molar-refractivity contribution in [2.75, 3.05) is 10.2 Å². The lowest BCUT2D eigenvalue weighted by molar-refractivity contribution is -0.138. The summed E-state index contributed by atoms with van der Waals surface area (Å²) in [6, 6.07) is 26.2. The molecule has 0 saturated carbocycles. The summed E-state index contributed by atoms with van der Waals surface area (Å²) in [5.74, 6) is -0.273. The molecule has 0 fully saturated rings. The molecule has 4 aromatic rings. The number of halogens is 3.